The molecule has 78 valence electrons. The van der Waals surface area contributed by atoms with Crippen LogP contribution in [0.1, 0.15) is 25.0 Å². The third-order valence-corrected chi connectivity index (χ3v) is 2.36. The van der Waals surface area contributed by atoms with Crippen molar-refractivity contribution < 1.29 is 5.11 Å². The molecule has 0 saturated carbocycles. The quantitative estimate of drug-likeness (QED) is 0.794. The van der Waals surface area contributed by atoms with Crippen LogP contribution in [0.4, 0.5) is 0 Å². The number of aryl methyl sites for hydroxylation is 1. The molecule has 2 nitrogen and oxygen atoms in total. The molecule has 0 saturated heterocycles. The van der Waals surface area contributed by atoms with Gasteiger partial charge in [0.1, 0.15) is 5.75 Å². The summed E-state index contributed by atoms with van der Waals surface area (Å²) in [5, 5.41) is 9.92. The zero-order chi connectivity index (χ0) is 10.9. The fraction of sp³-hybridized carbons (Fsp3) is 0.455. The third kappa shape index (κ3) is 2.89. The van der Waals surface area contributed by atoms with Gasteiger partial charge in [-0.2, -0.15) is 0 Å². The van der Waals surface area contributed by atoms with Crippen molar-refractivity contribution in [2.24, 2.45) is 5.73 Å². The molecule has 0 atom stereocenters. The molecular formula is C11H16ClNO. The van der Waals surface area contributed by atoms with Gasteiger partial charge in [0.2, 0.25) is 0 Å². The molecule has 0 bridgehead atoms. The van der Waals surface area contributed by atoms with Gasteiger partial charge >= 0.3 is 0 Å². The smallest absolute Gasteiger partial charge is 0.134 e. The minimum atomic E-state index is -0.316. The zero-order valence-corrected chi connectivity index (χ0v) is 9.52. The topological polar surface area (TPSA) is 46.2 Å². The zero-order valence-electron chi connectivity index (χ0n) is 8.76. The summed E-state index contributed by atoms with van der Waals surface area (Å²) < 4.78 is 0. The molecule has 1 rings (SSSR count). The summed E-state index contributed by atoms with van der Waals surface area (Å²) in [5.41, 5.74) is 7.47. The molecule has 0 aliphatic heterocycles. The van der Waals surface area contributed by atoms with Gasteiger partial charge in [0, 0.05) is 5.54 Å². The van der Waals surface area contributed by atoms with Crippen molar-refractivity contribution in [2.75, 3.05) is 0 Å². The summed E-state index contributed by atoms with van der Waals surface area (Å²) >= 11 is 5.97. The van der Waals surface area contributed by atoms with E-state index in [0.717, 1.165) is 11.1 Å². The Hall–Kier alpha value is -0.730. The Bertz CT molecular complexity index is 342. The molecule has 0 radical (unpaired) electrons. The summed E-state index contributed by atoms with van der Waals surface area (Å²) in [6.45, 7) is 5.79. The van der Waals surface area contributed by atoms with E-state index in [-0.39, 0.29) is 11.3 Å². The number of hydrogen-bond donors (Lipinski definition) is 2. The van der Waals surface area contributed by atoms with Crippen molar-refractivity contribution >= 4 is 11.6 Å². The van der Waals surface area contributed by atoms with E-state index in [0.29, 0.717) is 11.4 Å². The molecule has 0 aliphatic rings. The maximum atomic E-state index is 9.51. The molecule has 0 unspecified atom stereocenters. The van der Waals surface area contributed by atoms with Crippen molar-refractivity contribution in [3.63, 3.8) is 0 Å². The van der Waals surface area contributed by atoms with Gasteiger partial charge in [0.05, 0.1) is 5.02 Å². The van der Waals surface area contributed by atoms with E-state index in [9.17, 15) is 5.11 Å². The first-order valence-electron chi connectivity index (χ1n) is 4.56. The predicted molar refractivity (Wildman–Crippen MR) is 59.8 cm³/mol. The Labute approximate surface area is 89.7 Å². The largest absolute Gasteiger partial charge is 0.506 e. The van der Waals surface area contributed by atoms with Gasteiger partial charge in [-0.3, -0.25) is 0 Å². The standard InChI is InChI=1S/C11H16ClNO/c1-7-4-8(6-11(2,3)13)10(12)9(14)5-7/h4-5,14H,6,13H2,1-3H3. The number of aromatic hydroxyl groups is 1. The van der Waals surface area contributed by atoms with E-state index in [2.05, 4.69) is 0 Å². The van der Waals surface area contributed by atoms with E-state index in [1.54, 1.807) is 6.07 Å². The highest BCUT2D eigenvalue weighted by atomic mass is 35.5. The average molecular weight is 214 g/mol. The van der Waals surface area contributed by atoms with Crippen molar-refractivity contribution in [1.29, 1.82) is 0 Å². The number of benzene rings is 1. The van der Waals surface area contributed by atoms with E-state index >= 15 is 0 Å². The fourth-order valence-electron chi connectivity index (χ4n) is 1.44. The van der Waals surface area contributed by atoms with Crippen LogP contribution in [0.2, 0.25) is 5.02 Å². The highest BCUT2D eigenvalue weighted by Crippen LogP contribution is 2.30. The maximum absolute atomic E-state index is 9.51. The Balaban J connectivity index is 3.09. The van der Waals surface area contributed by atoms with Gasteiger partial charge in [-0.15, -0.1) is 0 Å². The van der Waals surface area contributed by atoms with Crippen molar-refractivity contribution in [3.05, 3.63) is 28.3 Å². The Kier molecular flexibility index (Phi) is 3.07. The van der Waals surface area contributed by atoms with Crippen LogP contribution in [0, 0.1) is 6.92 Å². The van der Waals surface area contributed by atoms with E-state index in [1.165, 1.54) is 0 Å². The number of phenolic OH excluding ortho intramolecular Hbond substituents is 1. The minimum absolute atomic E-state index is 0.130. The molecule has 1 aromatic carbocycles. The highest BCUT2D eigenvalue weighted by molar-refractivity contribution is 6.32. The molecule has 0 aromatic heterocycles. The normalized spacial score (nSPS) is 11.8. The summed E-state index contributed by atoms with van der Waals surface area (Å²) in [5.74, 6) is 0.130. The summed E-state index contributed by atoms with van der Waals surface area (Å²) in [6.07, 6.45) is 0.654. The Morgan fingerprint density at radius 2 is 2.00 bits per heavy atom. The van der Waals surface area contributed by atoms with Crippen molar-refractivity contribution in [2.45, 2.75) is 32.7 Å². The van der Waals surface area contributed by atoms with Gasteiger partial charge in [-0.05, 0) is 44.4 Å². The van der Waals surface area contributed by atoms with Crippen molar-refractivity contribution in [1.82, 2.24) is 0 Å². The third-order valence-electron chi connectivity index (χ3n) is 1.92. The van der Waals surface area contributed by atoms with E-state index < -0.39 is 0 Å². The first kappa shape index (κ1) is 11.3. The number of nitrogens with two attached hydrogens (primary N) is 1. The molecule has 0 aliphatic carbocycles. The van der Waals surface area contributed by atoms with Crippen LogP contribution in [-0.4, -0.2) is 10.6 Å². The van der Waals surface area contributed by atoms with E-state index in [1.807, 2.05) is 26.8 Å². The van der Waals surface area contributed by atoms with Gasteiger partial charge in [-0.1, -0.05) is 17.7 Å². The number of halogens is 1. The Morgan fingerprint density at radius 1 is 1.43 bits per heavy atom. The fourth-order valence-corrected chi connectivity index (χ4v) is 1.62. The average Bonchev–Trinajstić information content (AvgIpc) is 1.96. The lowest BCUT2D eigenvalue weighted by molar-refractivity contribution is 0.471. The summed E-state index contributed by atoms with van der Waals surface area (Å²) in [6, 6.07) is 3.60. The molecule has 1 aromatic rings. The van der Waals surface area contributed by atoms with Crippen LogP contribution < -0.4 is 5.73 Å². The van der Waals surface area contributed by atoms with Crippen LogP contribution >= 0.6 is 11.6 Å². The second-order valence-electron chi connectivity index (χ2n) is 4.42. The predicted octanol–water partition coefficient (Wildman–Crippen LogP) is 2.63. The van der Waals surface area contributed by atoms with Gasteiger partial charge in [-0.25, -0.2) is 0 Å². The number of hydrogen-bond acceptors (Lipinski definition) is 2. The monoisotopic (exact) mass is 213 g/mol. The first-order valence-corrected chi connectivity index (χ1v) is 4.94. The Morgan fingerprint density at radius 3 is 2.50 bits per heavy atom. The highest BCUT2D eigenvalue weighted by Gasteiger charge is 2.15. The van der Waals surface area contributed by atoms with Crippen LogP contribution in [0.15, 0.2) is 12.1 Å². The molecule has 0 fully saturated rings. The van der Waals surface area contributed by atoms with Crippen molar-refractivity contribution in [3.8, 4) is 5.75 Å². The lowest BCUT2D eigenvalue weighted by atomic mass is 9.95. The number of rotatable bonds is 2. The molecule has 0 spiro atoms. The molecule has 0 amide bonds. The lowest BCUT2D eigenvalue weighted by Gasteiger charge is -2.19. The second kappa shape index (κ2) is 3.79. The van der Waals surface area contributed by atoms with Crippen LogP contribution in [0.3, 0.4) is 0 Å². The SMILES string of the molecule is Cc1cc(O)c(Cl)c(CC(C)(C)N)c1. The summed E-state index contributed by atoms with van der Waals surface area (Å²) in [4.78, 5) is 0. The van der Waals surface area contributed by atoms with Gasteiger partial charge < -0.3 is 10.8 Å². The molecule has 3 N–H and O–H groups in total. The van der Waals surface area contributed by atoms with Gasteiger partial charge in [0.25, 0.3) is 0 Å². The minimum Gasteiger partial charge on any atom is -0.506 e. The maximum Gasteiger partial charge on any atom is 0.134 e. The van der Waals surface area contributed by atoms with Crippen LogP contribution in [0.25, 0.3) is 0 Å². The second-order valence-corrected chi connectivity index (χ2v) is 4.80. The molecular weight excluding hydrogens is 198 g/mol. The summed E-state index contributed by atoms with van der Waals surface area (Å²) in [7, 11) is 0. The molecule has 3 heteroatoms. The lowest BCUT2D eigenvalue weighted by Crippen LogP contribution is -2.34. The van der Waals surface area contributed by atoms with Crippen LogP contribution in [0.5, 0.6) is 5.75 Å². The van der Waals surface area contributed by atoms with Gasteiger partial charge in [0.15, 0.2) is 0 Å². The molecule has 14 heavy (non-hydrogen) atoms. The van der Waals surface area contributed by atoms with E-state index in [4.69, 9.17) is 17.3 Å². The first-order chi connectivity index (χ1) is 6.29. The number of phenols is 1. The molecule has 0 heterocycles. The van der Waals surface area contributed by atoms with Crippen LogP contribution in [-0.2, 0) is 6.42 Å².